The van der Waals surface area contributed by atoms with Crippen molar-refractivity contribution in [2.45, 2.75) is 70.2 Å². The fourth-order valence-electron chi connectivity index (χ4n) is 4.48. The van der Waals surface area contributed by atoms with Crippen molar-refractivity contribution in [3.63, 3.8) is 0 Å². The summed E-state index contributed by atoms with van der Waals surface area (Å²) in [7, 11) is 1.33. The number of rotatable bonds is 8. The van der Waals surface area contributed by atoms with E-state index >= 15 is 0 Å². The molecule has 2 fully saturated rings. The zero-order chi connectivity index (χ0) is 22.7. The quantitative estimate of drug-likeness (QED) is 0.627. The third kappa shape index (κ3) is 4.87. The van der Waals surface area contributed by atoms with Gasteiger partial charge in [0.15, 0.2) is 0 Å². The lowest BCUT2D eigenvalue weighted by Crippen LogP contribution is -2.44. The molecule has 1 aliphatic carbocycles. The highest BCUT2D eigenvalue weighted by Gasteiger charge is 2.40. The van der Waals surface area contributed by atoms with E-state index in [9.17, 15) is 14.0 Å². The molecule has 2 aromatic rings. The Kier molecular flexibility index (Phi) is 6.93. The van der Waals surface area contributed by atoms with Crippen LogP contribution < -0.4 is 5.32 Å². The Bertz CT molecular complexity index is 968. The average Bonchev–Trinajstić information content (AvgIpc) is 3.58. The van der Waals surface area contributed by atoms with Crippen LogP contribution >= 0.6 is 0 Å². The summed E-state index contributed by atoms with van der Waals surface area (Å²) >= 11 is 0. The van der Waals surface area contributed by atoms with Gasteiger partial charge in [-0.2, -0.15) is 0 Å². The van der Waals surface area contributed by atoms with Gasteiger partial charge in [0.05, 0.1) is 19.3 Å². The van der Waals surface area contributed by atoms with Crippen LogP contribution in [0, 0.1) is 5.82 Å². The molecule has 2 atom stereocenters. The van der Waals surface area contributed by atoms with Crippen molar-refractivity contribution in [1.29, 1.82) is 0 Å². The molecule has 2 aromatic heterocycles. The first-order valence-corrected chi connectivity index (χ1v) is 11.4. The highest BCUT2D eigenvalue weighted by Crippen LogP contribution is 2.38. The molecular weight excluding hydrogens is 415 g/mol. The van der Waals surface area contributed by atoms with E-state index in [2.05, 4.69) is 15.0 Å². The van der Waals surface area contributed by atoms with E-state index in [1.165, 1.54) is 19.4 Å². The second-order valence-corrected chi connectivity index (χ2v) is 8.58. The lowest BCUT2D eigenvalue weighted by Gasteiger charge is -2.34. The van der Waals surface area contributed by atoms with Crippen LogP contribution in [0.25, 0.3) is 11.0 Å². The summed E-state index contributed by atoms with van der Waals surface area (Å²) in [6.07, 6.45) is 7.67. The van der Waals surface area contributed by atoms with Crippen molar-refractivity contribution in [3.05, 3.63) is 29.8 Å². The van der Waals surface area contributed by atoms with Gasteiger partial charge in [0, 0.05) is 42.9 Å². The van der Waals surface area contributed by atoms with E-state index in [0.29, 0.717) is 37.2 Å². The molecule has 2 aliphatic rings. The molecule has 3 heterocycles. The van der Waals surface area contributed by atoms with E-state index in [4.69, 9.17) is 4.74 Å². The van der Waals surface area contributed by atoms with Crippen LogP contribution in [0.3, 0.4) is 0 Å². The molecule has 1 saturated heterocycles. The number of carbonyl (C=O) groups is 2. The van der Waals surface area contributed by atoms with Crippen LogP contribution in [0.1, 0.15) is 57.1 Å². The number of methoxy groups -OCH3 is 1. The van der Waals surface area contributed by atoms with E-state index in [0.717, 1.165) is 37.7 Å². The number of aryl methyl sites for hydroxylation is 1. The molecule has 1 N–H and O–H groups in total. The van der Waals surface area contributed by atoms with Gasteiger partial charge in [-0.15, -0.1) is 0 Å². The highest BCUT2D eigenvalue weighted by atomic mass is 19.1. The van der Waals surface area contributed by atoms with Gasteiger partial charge in [-0.25, -0.2) is 14.2 Å². The Morgan fingerprint density at radius 1 is 1.38 bits per heavy atom. The van der Waals surface area contributed by atoms with Gasteiger partial charge >= 0.3 is 6.09 Å². The van der Waals surface area contributed by atoms with Crippen molar-refractivity contribution in [2.75, 3.05) is 20.3 Å². The van der Waals surface area contributed by atoms with Gasteiger partial charge in [-0.1, -0.05) is 0 Å². The zero-order valence-corrected chi connectivity index (χ0v) is 18.7. The van der Waals surface area contributed by atoms with Crippen LogP contribution in [0.15, 0.2) is 18.5 Å². The fraction of sp³-hybridized carbons (Fsp3) is 0.609. The van der Waals surface area contributed by atoms with Crippen molar-refractivity contribution < 1.29 is 23.5 Å². The molecule has 4 rings (SSSR count). The van der Waals surface area contributed by atoms with Gasteiger partial charge in [0.1, 0.15) is 17.6 Å². The molecule has 0 spiro atoms. The third-order valence-corrected chi connectivity index (χ3v) is 6.26. The maximum Gasteiger partial charge on any atom is 0.406 e. The molecule has 174 valence electrons. The number of amides is 2. The van der Waals surface area contributed by atoms with Crippen molar-refractivity contribution >= 4 is 23.0 Å². The van der Waals surface area contributed by atoms with Crippen LogP contribution in [-0.2, 0) is 20.8 Å². The molecule has 0 aromatic carbocycles. The SMILES string of the molecule is COC(=O)NCCCn1cc([C@@H](C)N(C(=O)[C@H]2CCCCO2)C2CC2)c2cc(F)cnc21. The number of aromatic nitrogens is 2. The predicted molar refractivity (Wildman–Crippen MR) is 117 cm³/mol. The molecule has 0 radical (unpaired) electrons. The van der Waals surface area contributed by atoms with Crippen LogP contribution in [0.2, 0.25) is 0 Å². The number of fused-ring (bicyclic) bond motifs is 1. The van der Waals surface area contributed by atoms with Crippen LogP contribution in [0.5, 0.6) is 0 Å². The van der Waals surface area contributed by atoms with Crippen molar-refractivity contribution in [1.82, 2.24) is 19.8 Å². The smallest absolute Gasteiger partial charge is 0.406 e. The third-order valence-electron chi connectivity index (χ3n) is 6.26. The Morgan fingerprint density at radius 2 is 2.19 bits per heavy atom. The zero-order valence-electron chi connectivity index (χ0n) is 18.7. The average molecular weight is 447 g/mol. The van der Waals surface area contributed by atoms with E-state index in [1.807, 2.05) is 22.6 Å². The molecule has 9 heteroatoms. The summed E-state index contributed by atoms with van der Waals surface area (Å²) in [6.45, 7) is 3.66. The van der Waals surface area contributed by atoms with Gasteiger partial charge in [0.25, 0.3) is 5.91 Å². The minimum absolute atomic E-state index is 0.0345. The minimum atomic E-state index is -0.472. The second-order valence-electron chi connectivity index (χ2n) is 8.58. The molecule has 32 heavy (non-hydrogen) atoms. The molecule has 2 amide bonds. The first-order valence-electron chi connectivity index (χ1n) is 11.4. The number of nitrogens with zero attached hydrogens (tertiary/aromatic N) is 3. The molecule has 8 nitrogen and oxygen atoms in total. The van der Waals surface area contributed by atoms with Crippen LogP contribution in [0.4, 0.5) is 9.18 Å². The van der Waals surface area contributed by atoms with Crippen LogP contribution in [-0.4, -0.2) is 58.9 Å². The molecule has 1 aliphatic heterocycles. The highest BCUT2D eigenvalue weighted by molar-refractivity contribution is 5.85. The number of pyridine rings is 1. The first-order chi connectivity index (χ1) is 15.5. The van der Waals surface area contributed by atoms with Crippen molar-refractivity contribution in [3.8, 4) is 0 Å². The number of hydrogen-bond acceptors (Lipinski definition) is 5. The Labute approximate surface area is 187 Å². The number of hydrogen-bond donors (Lipinski definition) is 1. The monoisotopic (exact) mass is 446 g/mol. The van der Waals surface area contributed by atoms with Gasteiger partial charge < -0.3 is 24.3 Å². The number of halogens is 1. The molecular formula is C23H31FN4O4. The fourth-order valence-corrected chi connectivity index (χ4v) is 4.48. The second kappa shape index (κ2) is 9.85. The minimum Gasteiger partial charge on any atom is -0.453 e. The topological polar surface area (TPSA) is 85.7 Å². The number of carbonyl (C=O) groups excluding carboxylic acids is 2. The Hall–Kier alpha value is -2.68. The summed E-state index contributed by atoms with van der Waals surface area (Å²) in [5, 5.41) is 3.37. The maximum atomic E-state index is 14.1. The Balaban J connectivity index is 1.58. The summed E-state index contributed by atoms with van der Waals surface area (Å²) < 4.78 is 26.4. The standard InChI is InChI=1S/C23H31FN4O4/c1-15(28(17-7-8-17)22(29)20-6-3-4-11-32-20)19-14-27(10-5-9-25-23(30)31-2)21-18(19)12-16(24)13-26-21/h12-15,17,20H,3-11H2,1-2H3,(H,25,30)/t15-,20-/m1/s1. The molecule has 1 saturated carbocycles. The number of ether oxygens (including phenoxy) is 2. The normalized spacial score (nSPS) is 19.5. The summed E-state index contributed by atoms with van der Waals surface area (Å²) in [6, 6.07) is 1.47. The number of alkyl carbamates (subject to hydrolysis) is 1. The Morgan fingerprint density at radius 3 is 2.88 bits per heavy atom. The lowest BCUT2D eigenvalue weighted by molar-refractivity contribution is -0.149. The first kappa shape index (κ1) is 22.5. The van der Waals surface area contributed by atoms with Gasteiger partial charge in [-0.3, -0.25) is 4.79 Å². The summed E-state index contributed by atoms with van der Waals surface area (Å²) in [5.74, 6) is -0.372. The molecule has 0 unspecified atom stereocenters. The predicted octanol–water partition coefficient (Wildman–Crippen LogP) is 3.54. The van der Waals surface area contributed by atoms with E-state index in [-0.39, 0.29) is 24.1 Å². The lowest BCUT2D eigenvalue weighted by atomic mass is 10.0. The summed E-state index contributed by atoms with van der Waals surface area (Å²) in [4.78, 5) is 30.9. The summed E-state index contributed by atoms with van der Waals surface area (Å²) in [5.41, 5.74) is 1.55. The van der Waals surface area contributed by atoms with Gasteiger partial charge in [-0.05, 0) is 51.5 Å². The van der Waals surface area contributed by atoms with E-state index in [1.54, 1.807) is 0 Å². The maximum absolute atomic E-state index is 14.1. The largest absolute Gasteiger partial charge is 0.453 e. The number of nitrogens with one attached hydrogen (secondary N) is 1. The van der Waals surface area contributed by atoms with Gasteiger partial charge in [0.2, 0.25) is 0 Å². The van der Waals surface area contributed by atoms with Crippen molar-refractivity contribution in [2.24, 2.45) is 0 Å². The van der Waals surface area contributed by atoms with E-state index < -0.39 is 11.9 Å². The molecule has 0 bridgehead atoms.